The van der Waals surface area contributed by atoms with Crippen LogP contribution in [0.4, 0.5) is 5.69 Å². The van der Waals surface area contributed by atoms with Crippen LogP contribution in [0.25, 0.3) is 0 Å². The second-order valence-electron chi connectivity index (χ2n) is 9.09. The summed E-state index contributed by atoms with van der Waals surface area (Å²) >= 11 is 1.41. The van der Waals surface area contributed by atoms with Crippen molar-refractivity contribution < 1.29 is 34.1 Å². The number of aliphatic hydroxyl groups is 1. The molecule has 0 bridgehead atoms. The predicted octanol–water partition coefficient (Wildman–Crippen LogP) is 3.76. The van der Waals surface area contributed by atoms with Crippen LogP contribution in [0.1, 0.15) is 54.8 Å². The molecule has 206 valence electrons. The van der Waals surface area contributed by atoms with Gasteiger partial charge in [-0.1, -0.05) is 48.2 Å². The number of hydrogen-bond acceptors (Lipinski definition) is 8. The van der Waals surface area contributed by atoms with E-state index in [4.69, 9.17) is 14.7 Å². The molecule has 1 aliphatic heterocycles. The van der Waals surface area contributed by atoms with Gasteiger partial charge in [0, 0.05) is 48.4 Å². The summed E-state index contributed by atoms with van der Waals surface area (Å²) in [6.45, 7) is -0.0454. The smallest absolute Gasteiger partial charge is 0.251 e. The second-order valence-corrected chi connectivity index (χ2v) is 10.1. The van der Waals surface area contributed by atoms with Gasteiger partial charge in [-0.3, -0.25) is 14.8 Å². The Labute approximate surface area is 230 Å². The van der Waals surface area contributed by atoms with E-state index in [1.54, 1.807) is 35.8 Å². The average Bonchev–Trinajstić information content (AvgIpc) is 2.96. The zero-order chi connectivity index (χ0) is 27.6. The normalized spacial score (nSPS) is 18.9. The molecule has 3 unspecified atom stereocenters. The van der Waals surface area contributed by atoms with E-state index in [2.05, 4.69) is 5.32 Å². The number of hydroxylamine groups is 1. The molecule has 10 nitrogen and oxygen atoms in total. The molecular weight excluding hydrogens is 522 g/mol. The third kappa shape index (κ3) is 8.25. The largest absolute Gasteiger partial charge is 0.618 e. The number of amides is 2. The van der Waals surface area contributed by atoms with Gasteiger partial charge in [-0.25, -0.2) is 5.48 Å². The molecule has 11 heteroatoms. The number of benzene rings is 2. The van der Waals surface area contributed by atoms with Crippen LogP contribution in [0.2, 0.25) is 0 Å². The lowest BCUT2D eigenvalue weighted by atomic mass is 10.0. The van der Waals surface area contributed by atoms with Crippen LogP contribution in [0.5, 0.6) is 0 Å². The van der Waals surface area contributed by atoms with Crippen LogP contribution in [-0.2, 0) is 25.7 Å². The minimum absolute atomic E-state index is 0.0448. The maximum Gasteiger partial charge on any atom is 0.251 e. The minimum atomic E-state index is -0.716. The number of anilines is 1. The van der Waals surface area contributed by atoms with Gasteiger partial charge < -0.3 is 25.1 Å². The van der Waals surface area contributed by atoms with Gasteiger partial charge in [0.25, 0.3) is 5.03 Å². The number of nitrogens with zero attached hydrogens (tertiary/aromatic N) is 1. The number of carbonyl (C=O) groups is 2. The highest BCUT2D eigenvalue weighted by Gasteiger charge is 2.33. The number of aromatic nitrogens is 1. The number of rotatable bonds is 11. The van der Waals surface area contributed by atoms with Crippen molar-refractivity contribution in [3.8, 4) is 0 Å². The Morgan fingerprint density at radius 2 is 1.79 bits per heavy atom. The van der Waals surface area contributed by atoms with Crippen molar-refractivity contribution >= 4 is 29.3 Å². The summed E-state index contributed by atoms with van der Waals surface area (Å²) in [7, 11) is 0. The molecule has 2 heterocycles. The summed E-state index contributed by atoms with van der Waals surface area (Å²) < 4.78 is 13.5. The van der Waals surface area contributed by atoms with Crippen molar-refractivity contribution in [1.82, 2.24) is 5.48 Å². The Hall–Kier alpha value is -3.48. The number of nitrogens with one attached hydrogen (secondary N) is 2. The molecule has 2 aromatic carbocycles. The summed E-state index contributed by atoms with van der Waals surface area (Å²) in [6, 6.07) is 20.0. The van der Waals surface area contributed by atoms with Gasteiger partial charge in [-0.15, -0.1) is 0 Å². The van der Waals surface area contributed by atoms with Gasteiger partial charge in [-0.05, 0) is 35.7 Å². The first-order valence-electron chi connectivity index (χ1n) is 12.6. The Bertz CT molecular complexity index is 1260. The lowest BCUT2D eigenvalue weighted by Gasteiger charge is -2.36. The number of aliphatic hydroxyl groups excluding tert-OH is 1. The topological polar surface area (TPSA) is 144 Å². The molecule has 0 saturated carbocycles. The lowest BCUT2D eigenvalue weighted by Crippen LogP contribution is -2.32. The molecule has 0 aliphatic carbocycles. The van der Waals surface area contributed by atoms with Crippen LogP contribution < -0.4 is 15.5 Å². The molecule has 2 amide bonds. The third-order valence-corrected chi connectivity index (χ3v) is 7.35. The van der Waals surface area contributed by atoms with Crippen LogP contribution in [0, 0.1) is 5.21 Å². The summed E-state index contributed by atoms with van der Waals surface area (Å²) in [5, 5.41) is 33.5. The second kappa shape index (κ2) is 14.1. The van der Waals surface area contributed by atoms with E-state index in [9.17, 15) is 19.9 Å². The highest BCUT2D eigenvalue weighted by molar-refractivity contribution is 7.99. The number of hydrogen-bond donors (Lipinski definition) is 4. The molecule has 39 heavy (non-hydrogen) atoms. The van der Waals surface area contributed by atoms with E-state index in [-0.39, 0.29) is 37.6 Å². The predicted molar refractivity (Wildman–Crippen MR) is 143 cm³/mol. The average molecular weight is 554 g/mol. The van der Waals surface area contributed by atoms with Crippen molar-refractivity contribution in [3.05, 3.63) is 94.8 Å². The van der Waals surface area contributed by atoms with E-state index >= 15 is 0 Å². The molecular formula is C28H31N3O7S. The first-order valence-corrected chi connectivity index (χ1v) is 13.6. The molecule has 1 aliphatic rings. The van der Waals surface area contributed by atoms with Gasteiger partial charge in [0.2, 0.25) is 11.8 Å². The molecule has 3 aromatic rings. The van der Waals surface area contributed by atoms with E-state index in [0.29, 0.717) is 29.3 Å². The van der Waals surface area contributed by atoms with Crippen LogP contribution in [0.3, 0.4) is 0 Å². The molecule has 0 spiro atoms. The highest BCUT2D eigenvalue weighted by Crippen LogP contribution is 2.39. The van der Waals surface area contributed by atoms with Gasteiger partial charge in [-0.2, -0.15) is 4.73 Å². The Kier molecular flexibility index (Phi) is 10.3. The van der Waals surface area contributed by atoms with Gasteiger partial charge in [0.05, 0.1) is 18.8 Å². The number of thioether (sulfide) groups is 1. The zero-order valence-corrected chi connectivity index (χ0v) is 22.0. The van der Waals surface area contributed by atoms with Crippen LogP contribution >= 0.6 is 11.8 Å². The molecule has 4 N–H and O–H groups in total. The molecule has 1 aromatic heterocycles. The first kappa shape index (κ1) is 28.5. The third-order valence-electron chi connectivity index (χ3n) is 6.20. The van der Waals surface area contributed by atoms with Gasteiger partial charge in [0.15, 0.2) is 12.5 Å². The molecule has 3 atom stereocenters. The summed E-state index contributed by atoms with van der Waals surface area (Å²) in [5.74, 6) is -0.259. The zero-order valence-electron chi connectivity index (χ0n) is 21.2. The van der Waals surface area contributed by atoms with Crippen molar-refractivity contribution in [3.63, 3.8) is 0 Å². The van der Waals surface area contributed by atoms with E-state index in [1.807, 2.05) is 36.4 Å². The summed E-state index contributed by atoms with van der Waals surface area (Å²) in [4.78, 5) is 23.5. The van der Waals surface area contributed by atoms with Crippen molar-refractivity contribution in [1.29, 1.82) is 0 Å². The van der Waals surface area contributed by atoms with Crippen molar-refractivity contribution in [2.75, 3.05) is 11.1 Å². The van der Waals surface area contributed by atoms with Crippen LogP contribution in [-0.4, -0.2) is 34.0 Å². The van der Waals surface area contributed by atoms with Gasteiger partial charge >= 0.3 is 0 Å². The molecule has 4 rings (SSSR count). The number of ether oxygens (including phenoxy) is 2. The maximum absolute atomic E-state index is 12.3. The maximum atomic E-state index is 12.3. The lowest BCUT2D eigenvalue weighted by molar-refractivity contribution is -0.645. The fourth-order valence-electron chi connectivity index (χ4n) is 4.18. The van der Waals surface area contributed by atoms with E-state index in [1.165, 1.54) is 18.0 Å². The highest BCUT2D eigenvalue weighted by atomic mass is 32.2. The monoisotopic (exact) mass is 553 g/mol. The minimum Gasteiger partial charge on any atom is -0.618 e. The molecule has 1 fully saturated rings. The van der Waals surface area contributed by atoms with Gasteiger partial charge in [0.1, 0.15) is 0 Å². The Morgan fingerprint density at radius 3 is 2.54 bits per heavy atom. The Morgan fingerprint density at radius 1 is 1.00 bits per heavy atom. The fourth-order valence-corrected chi connectivity index (χ4v) is 5.11. The quantitative estimate of drug-likeness (QED) is 0.0924. The fraction of sp³-hybridized carbons (Fsp3) is 0.321. The standard InChI is InChI=1S/C28H31N3O7S/c32-17-19-10-12-20(13-11-19)24-16-23(18-39-27-9-1-2-14-31(27)36)37-28(38-24)21-5-3-6-22(15-21)29-25(33)7-4-8-26(34)30-35/h1-3,5-6,9-15,23-24,28,32,35H,4,7-8,16-18H2,(H,29,33)(H,30,34). The van der Waals surface area contributed by atoms with E-state index in [0.717, 1.165) is 21.4 Å². The number of pyridine rings is 1. The van der Waals surface area contributed by atoms with Crippen LogP contribution in [0.15, 0.2) is 78.0 Å². The summed E-state index contributed by atoms with van der Waals surface area (Å²) in [6.07, 6.45) is 1.27. The van der Waals surface area contributed by atoms with E-state index < -0.39 is 12.2 Å². The van der Waals surface area contributed by atoms with Crippen molar-refractivity contribution in [2.45, 2.75) is 55.8 Å². The van der Waals surface area contributed by atoms with Crippen molar-refractivity contribution in [2.24, 2.45) is 0 Å². The first-order chi connectivity index (χ1) is 18.9. The molecule has 0 radical (unpaired) electrons. The molecule has 1 saturated heterocycles. The summed E-state index contributed by atoms with van der Waals surface area (Å²) in [5.41, 5.74) is 4.59. The SMILES string of the molecule is O=C(CCCC(=O)Nc1cccc(C2OC(CSc3cccc[n+]3[O-])CC(c3ccc(CO)cc3)O2)c1)NO. The number of carbonyl (C=O) groups excluding carboxylic acids is 2. The Balaban J connectivity index is 1.47.